The number of allylic oxidation sites excluding steroid dienone is 2. The summed E-state index contributed by atoms with van der Waals surface area (Å²) in [6, 6.07) is 19.4. The van der Waals surface area contributed by atoms with Crippen LogP contribution in [0, 0.1) is 0 Å². The summed E-state index contributed by atoms with van der Waals surface area (Å²) in [5.74, 6) is 0. The zero-order valence-corrected chi connectivity index (χ0v) is 25.3. The van der Waals surface area contributed by atoms with Crippen molar-refractivity contribution in [1.29, 1.82) is 0 Å². The minimum atomic E-state index is -0.220. The average molecular weight is 542 g/mol. The van der Waals surface area contributed by atoms with Gasteiger partial charge in [-0.05, 0) is 49.1 Å². The normalized spacial score (nSPS) is 17.7. The summed E-state index contributed by atoms with van der Waals surface area (Å²) in [5, 5.41) is 0.468. The summed E-state index contributed by atoms with van der Waals surface area (Å²) >= 11 is 1.95. The quantitative estimate of drug-likeness (QED) is 0.260. The second-order valence-electron chi connectivity index (χ2n) is 8.67. The van der Waals surface area contributed by atoms with Gasteiger partial charge < -0.3 is 14.4 Å². The van der Waals surface area contributed by atoms with E-state index >= 15 is 0 Å². The van der Waals surface area contributed by atoms with Gasteiger partial charge in [0.2, 0.25) is 0 Å². The van der Waals surface area contributed by atoms with Gasteiger partial charge in [-0.3, -0.25) is 4.79 Å². The Balaban J connectivity index is 0.00000134. The largest absolute Gasteiger partial charge is 0.471 e. The van der Waals surface area contributed by atoms with E-state index in [0.29, 0.717) is 24.9 Å². The van der Waals surface area contributed by atoms with Crippen molar-refractivity contribution in [3.05, 3.63) is 85.0 Å². The van der Waals surface area contributed by atoms with Crippen LogP contribution in [0.4, 0.5) is 4.79 Å². The van der Waals surface area contributed by atoms with Gasteiger partial charge in [-0.15, -0.1) is 18.3 Å². The van der Waals surface area contributed by atoms with Crippen molar-refractivity contribution in [3.63, 3.8) is 0 Å². The molecule has 5 nitrogen and oxygen atoms in total. The summed E-state index contributed by atoms with van der Waals surface area (Å²) in [4.78, 5) is 23.5. The van der Waals surface area contributed by atoms with E-state index in [1.807, 2.05) is 62.6 Å². The van der Waals surface area contributed by atoms with E-state index < -0.39 is 0 Å². The zero-order chi connectivity index (χ0) is 29.0. The second-order valence-corrected chi connectivity index (χ2v) is 10.6. The number of hydrogen-bond donors (Lipinski definition) is 0. The summed E-state index contributed by atoms with van der Waals surface area (Å²) in [6.45, 7) is 19.1. The fraction of sp³-hybridized carbons (Fsp3) is 0.438. The molecule has 2 atom stereocenters. The number of methoxy groups -OCH3 is 1. The lowest BCUT2D eigenvalue weighted by molar-refractivity contribution is -0.126. The number of amides is 1. The highest BCUT2D eigenvalue weighted by atomic mass is 32.2. The number of carbonyl (C=O) groups is 2. The first-order chi connectivity index (χ1) is 18.3. The van der Waals surface area contributed by atoms with Gasteiger partial charge in [0.25, 0.3) is 6.47 Å². The minimum absolute atomic E-state index is 0.109. The number of nitrogens with zero attached hydrogens (tertiary/aromatic N) is 1. The molecular formula is C32H47NO4S. The van der Waals surface area contributed by atoms with Crippen molar-refractivity contribution < 1.29 is 19.1 Å². The minimum Gasteiger partial charge on any atom is -0.471 e. The van der Waals surface area contributed by atoms with Crippen LogP contribution in [0.25, 0.3) is 11.1 Å². The maximum Gasteiger partial charge on any atom is 0.410 e. The molecule has 210 valence electrons. The van der Waals surface area contributed by atoms with Crippen molar-refractivity contribution in [2.75, 3.05) is 20.3 Å². The first-order valence-corrected chi connectivity index (χ1v) is 14.1. The van der Waals surface area contributed by atoms with Crippen LogP contribution in [0.3, 0.4) is 0 Å². The number of ether oxygens (including phenoxy) is 2. The molecule has 0 aliphatic carbocycles. The third-order valence-corrected chi connectivity index (χ3v) is 6.89. The molecule has 3 rings (SSSR count). The lowest BCUT2D eigenvalue weighted by atomic mass is 9.93. The Kier molecular flexibility index (Phi) is 18.5. The van der Waals surface area contributed by atoms with Gasteiger partial charge in [0.15, 0.2) is 0 Å². The molecule has 0 radical (unpaired) electrons. The van der Waals surface area contributed by atoms with Gasteiger partial charge >= 0.3 is 6.09 Å². The van der Waals surface area contributed by atoms with Gasteiger partial charge in [0.1, 0.15) is 6.61 Å². The van der Waals surface area contributed by atoms with E-state index in [1.165, 1.54) is 23.8 Å². The van der Waals surface area contributed by atoms with Gasteiger partial charge in [-0.2, -0.15) is 0 Å². The number of carbonyl (C=O) groups excluding carboxylic acids is 2. The lowest BCUT2D eigenvalue weighted by Crippen LogP contribution is -2.36. The third kappa shape index (κ3) is 11.6. The molecule has 0 N–H and O–H groups in total. The van der Waals surface area contributed by atoms with Gasteiger partial charge in [-0.25, -0.2) is 4.79 Å². The molecule has 1 fully saturated rings. The monoisotopic (exact) mass is 541 g/mol. The Morgan fingerprint density at radius 1 is 1.11 bits per heavy atom. The summed E-state index contributed by atoms with van der Waals surface area (Å²) in [5.41, 5.74) is 3.72. The average Bonchev–Trinajstić information content (AvgIpc) is 3.27. The first kappa shape index (κ1) is 35.0. The van der Waals surface area contributed by atoms with Crippen molar-refractivity contribution in [3.8, 4) is 11.1 Å². The molecule has 1 amide bonds. The van der Waals surface area contributed by atoms with Crippen LogP contribution in [0.2, 0.25) is 0 Å². The number of rotatable bonds is 7. The predicted octanol–water partition coefficient (Wildman–Crippen LogP) is 8.51. The SMILES string of the molecule is C/C=C/COC(=O)N1C[C@](SC(C)C)(c2ccc(-c3ccccc3)cc2)CC1C.C=CC.CC.COC=O. The van der Waals surface area contributed by atoms with Crippen LogP contribution in [0.1, 0.15) is 60.5 Å². The Bertz CT molecular complexity index is 944. The van der Waals surface area contributed by atoms with Crippen molar-refractivity contribution in [2.24, 2.45) is 0 Å². The van der Waals surface area contributed by atoms with E-state index in [2.05, 4.69) is 80.6 Å². The summed E-state index contributed by atoms with van der Waals surface area (Å²) in [7, 11) is 1.31. The number of likely N-dealkylation sites (tertiary alicyclic amines) is 1. The summed E-state index contributed by atoms with van der Waals surface area (Å²) < 4.78 is 9.19. The van der Waals surface area contributed by atoms with Crippen LogP contribution in [-0.4, -0.2) is 49.0 Å². The van der Waals surface area contributed by atoms with Crippen molar-refractivity contribution in [1.82, 2.24) is 4.90 Å². The molecule has 38 heavy (non-hydrogen) atoms. The number of thioether (sulfide) groups is 1. The molecular weight excluding hydrogens is 494 g/mol. The number of benzene rings is 2. The van der Waals surface area contributed by atoms with E-state index in [1.54, 1.807) is 6.08 Å². The highest BCUT2D eigenvalue weighted by Crippen LogP contribution is 2.49. The molecule has 0 saturated carbocycles. The summed E-state index contributed by atoms with van der Waals surface area (Å²) in [6.07, 6.45) is 6.22. The molecule has 0 spiro atoms. The van der Waals surface area contributed by atoms with E-state index in [0.717, 1.165) is 6.42 Å². The second kappa shape index (κ2) is 20.0. The molecule has 0 aromatic heterocycles. The van der Waals surface area contributed by atoms with Gasteiger partial charge in [-0.1, -0.05) is 101 Å². The zero-order valence-electron chi connectivity index (χ0n) is 24.5. The number of hydrogen-bond acceptors (Lipinski definition) is 5. The fourth-order valence-corrected chi connectivity index (χ4v) is 5.76. The Hall–Kier alpha value is -2.99. The van der Waals surface area contributed by atoms with Crippen LogP contribution in [-0.2, 0) is 19.0 Å². The molecule has 2 aromatic rings. The van der Waals surface area contributed by atoms with Crippen molar-refractivity contribution >= 4 is 24.3 Å². The molecule has 6 heteroatoms. The first-order valence-electron chi connectivity index (χ1n) is 13.2. The molecule has 1 unspecified atom stereocenters. The van der Waals surface area contributed by atoms with Gasteiger partial charge in [0.05, 0.1) is 11.9 Å². The molecule has 2 aromatic carbocycles. The van der Waals surface area contributed by atoms with E-state index in [-0.39, 0.29) is 16.9 Å². The molecule has 1 aliphatic heterocycles. The smallest absolute Gasteiger partial charge is 0.410 e. The lowest BCUT2D eigenvalue weighted by Gasteiger charge is -2.31. The Morgan fingerprint density at radius 2 is 1.63 bits per heavy atom. The van der Waals surface area contributed by atoms with E-state index in [9.17, 15) is 4.79 Å². The van der Waals surface area contributed by atoms with Crippen LogP contribution in [0.15, 0.2) is 79.4 Å². The van der Waals surface area contributed by atoms with E-state index in [4.69, 9.17) is 9.53 Å². The third-order valence-electron chi connectivity index (χ3n) is 5.43. The standard InChI is InChI=1S/C25H31NO2S.C3H6.C2H4O2.C2H6/c1-5-6-16-28-24(27)26-18-25(17-20(26)4,29-19(2)3)23-14-12-22(13-15-23)21-10-8-7-9-11-21;1-3-2;1-4-2-3;1-2/h5-15,19-20H,16-18H2,1-4H3;3H,1H2,2H3;2H,1H3;1-2H3/b6-5+;;;/t20?,25-;;;/m0.../s1. The predicted molar refractivity (Wildman–Crippen MR) is 164 cm³/mol. The molecule has 0 bridgehead atoms. The Morgan fingerprint density at radius 3 is 2.11 bits per heavy atom. The van der Waals surface area contributed by atoms with Crippen LogP contribution in [0.5, 0.6) is 0 Å². The highest BCUT2D eigenvalue weighted by Gasteiger charge is 2.46. The Labute approximate surface area is 235 Å². The fourth-order valence-electron chi connectivity index (χ4n) is 4.04. The molecule has 1 aliphatic rings. The maximum atomic E-state index is 12.6. The van der Waals surface area contributed by atoms with Gasteiger partial charge in [0, 0.05) is 12.6 Å². The van der Waals surface area contributed by atoms with Crippen molar-refractivity contribution in [2.45, 2.75) is 70.9 Å². The molecule has 1 heterocycles. The maximum absolute atomic E-state index is 12.6. The van der Waals surface area contributed by atoms with Crippen LogP contribution < -0.4 is 0 Å². The highest BCUT2D eigenvalue weighted by molar-refractivity contribution is 8.00. The topological polar surface area (TPSA) is 55.8 Å². The van der Waals surface area contributed by atoms with Crippen LogP contribution >= 0.6 is 11.8 Å². The molecule has 1 saturated heterocycles.